The van der Waals surface area contributed by atoms with E-state index in [-0.39, 0.29) is 11.9 Å². The van der Waals surface area contributed by atoms with Gasteiger partial charge < -0.3 is 19.7 Å². The highest BCUT2D eigenvalue weighted by Crippen LogP contribution is 2.44. The Morgan fingerprint density at radius 2 is 1.77 bits per heavy atom. The van der Waals surface area contributed by atoms with Crippen LogP contribution in [0.3, 0.4) is 0 Å². The third-order valence-corrected chi connectivity index (χ3v) is 5.42. The van der Waals surface area contributed by atoms with E-state index in [0.29, 0.717) is 19.3 Å². The van der Waals surface area contributed by atoms with Crippen LogP contribution in [0.1, 0.15) is 45.1 Å². The fraction of sp³-hybridized carbons (Fsp3) is 0.571. The van der Waals surface area contributed by atoms with Gasteiger partial charge in [-0.05, 0) is 57.7 Å². The molecule has 0 radical (unpaired) electrons. The summed E-state index contributed by atoms with van der Waals surface area (Å²) in [5, 5.41) is 3.47. The summed E-state index contributed by atoms with van der Waals surface area (Å²) >= 11 is 0. The summed E-state index contributed by atoms with van der Waals surface area (Å²) in [7, 11) is 0. The van der Waals surface area contributed by atoms with Crippen molar-refractivity contribution in [2.75, 3.05) is 36.6 Å². The maximum absolute atomic E-state index is 13.5. The van der Waals surface area contributed by atoms with Gasteiger partial charge in [-0.1, -0.05) is 5.57 Å². The third-order valence-electron chi connectivity index (χ3n) is 5.42. The lowest BCUT2D eigenvalue weighted by Gasteiger charge is -2.31. The first-order chi connectivity index (χ1) is 12.6. The Hall–Kier alpha value is -1.85. The zero-order chi connectivity index (χ0) is 18.1. The molecule has 4 rings (SSSR count). The van der Waals surface area contributed by atoms with Gasteiger partial charge in [0.15, 0.2) is 0 Å². The minimum atomic E-state index is 0.172. The number of ether oxygens (including phenoxy) is 2. The molecule has 0 atom stereocenters. The first kappa shape index (κ1) is 17.6. The second-order valence-electron chi connectivity index (χ2n) is 7.64. The van der Waals surface area contributed by atoms with Gasteiger partial charge in [0.05, 0.1) is 18.9 Å². The summed E-state index contributed by atoms with van der Waals surface area (Å²) in [4.78, 5) is 15.5. The van der Waals surface area contributed by atoms with Gasteiger partial charge in [0.1, 0.15) is 0 Å². The molecule has 3 aliphatic rings. The Bertz CT molecular complexity index is 712. The van der Waals surface area contributed by atoms with Crippen LogP contribution in [0.4, 0.5) is 11.4 Å². The maximum atomic E-state index is 13.5. The van der Waals surface area contributed by atoms with E-state index in [1.807, 2.05) is 4.90 Å². The van der Waals surface area contributed by atoms with E-state index in [1.54, 1.807) is 0 Å². The van der Waals surface area contributed by atoms with Crippen LogP contribution < -0.4 is 10.2 Å². The summed E-state index contributed by atoms with van der Waals surface area (Å²) in [6.45, 7) is 7.15. The average molecular weight is 356 g/mol. The van der Waals surface area contributed by atoms with Crippen molar-refractivity contribution in [1.29, 1.82) is 0 Å². The molecule has 1 N–H and O–H groups in total. The van der Waals surface area contributed by atoms with Crippen LogP contribution in [-0.4, -0.2) is 44.4 Å². The minimum Gasteiger partial charge on any atom is -0.383 e. The van der Waals surface area contributed by atoms with E-state index >= 15 is 0 Å². The molecule has 0 aliphatic carbocycles. The molecule has 0 bridgehead atoms. The molecular formula is C21H28N2O3. The number of benzene rings is 1. The van der Waals surface area contributed by atoms with Crippen LogP contribution in [0.25, 0.3) is 5.57 Å². The smallest absolute Gasteiger partial charge is 0.259 e. The van der Waals surface area contributed by atoms with Gasteiger partial charge in [0.25, 0.3) is 5.91 Å². The Balaban J connectivity index is 1.77. The summed E-state index contributed by atoms with van der Waals surface area (Å²) in [6, 6.07) is 6.95. The van der Waals surface area contributed by atoms with Crippen molar-refractivity contribution < 1.29 is 14.3 Å². The number of carbonyl (C=O) groups excluding carboxylic acids is 1. The van der Waals surface area contributed by atoms with Gasteiger partial charge in [-0.25, -0.2) is 0 Å². The summed E-state index contributed by atoms with van der Waals surface area (Å²) in [5.74, 6) is 0.172. The summed E-state index contributed by atoms with van der Waals surface area (Å²) < 4.78 is 11.0. The molecule has 26 heavy (non-hydrogen) atoms. The molecule has 2 fully saturated rings. The molecule has 1 aromatic carbocycles. The molecule has 5 heteroatoms. The Morgan fingerprint density at radius 3 is 2.46 bits per heavy atom. The molecule has 0 unspecified atom stereocenters. The zero-order valence-corrected chi connectivity index (χ0v) is 15.7. The van der Waals surface area contributed by atoms with Crippen LogP contribution in [0.2, 0.25) is 0 Å². The molecule has 1 amide bonds. The van der Waals surface area contributed by atoms with E-state index in [9.17, 15) is 4.79 Å². The second kappa shape index (κ2) is 7.41. The lowest BCUT2D eigenvalue weighted by Crippen LogP contribution is -2.41. The van der Waals surface area contributed by atoms with Gasteiger partial charge in [0, 0.05) is 42.1 Å². The van der Waals surface area contributed by atoms with Gasteiger partial charge >= 0.3 is 0 Å². The van der Waals surface area contributed by atoms with E-state index in [1.165, 1.54) is 5.57 Å². The fourth-order valence-electron chi connectivity index (χ4n) is 4.23. The van der Waals surface area contributed by atoms with Crippen LogP contribution >= 0.6 is 0 Å². The molecule has 3 aliphatic heterocycles. The number of rotatable bonds is 3. The van der Waals surface area contributed by atoms with E-state index in [0.717, 1.165) is 61.4 Å². The lowest BCUT2D eigenvalue weighted by atomic mass is 9.95. The number of hydrogen-bond acceptors (Lipinski definition) is 4. The van der Waals surface area contributed by atoms with Gasteiger partial charge in [0.2, 0.25) is 0 Å². The number of fused-ring (bicyclic) bond motifs is 1. The number of amides is 1. The number of nitrogens with zero attached hydrogens (tertiary/aromatic N) is 1. The molecule has 1 aromatic rings. The first-order valence-corrected chi connectivity index (χ1v) is 9.77. The van der Waals surface area contributed by atoms with E-state index in [4.69, 9.17) is 9.47 Å². The number of carbonyl (C=O) groups is 1. The highest BCUT2D eigenvalue weighted by Gasteiger charge is 2.39. The number of hydrogen-bond donors (Lipinski definition) is 1. The topological polar surface area (TPSA) is 50.8 Å². The van der Waals surface area contributed by atoms with Gasteiger partial charge in [-0.15, -0.1) is 0 Å². The Morgan fingerprint density at radius 1 is 1.08 bits per heavy atom. The van der Waals surface area contributed by atoms with Crippen molar-refractivity contribution in [3.05, 3.63) is 29.3 Å². The zero-order valence-electron chi connectivity index (χ0n) is 15.7. The van der Waals surface area contributed by atoms with Gasteiger partial charge in [-0.3, -0.25) is 4.79 Å². The second-order valence-corrected chi connectivity index (χ2v) is 7.64. The molecule has 140 valence electrons. The summed E-state index contributed by atoms with van der Waals surface area (Å²) in [5.41, 5.74) is 5.39. The highest BCUT2D eigenvalue weighted by molar-refractivity contribution is 6.33. The first-order valence-electron chi connectivity index (χ1n) is 9.77. The van der Waals surface area contributed by atoms with Crippen molar-refractivity contribution in [2.45, 2.75) is 51.6 Å². The number of anilines is 2. The van der Waals surface area contributed by atoms with Crippen LogP contribution in [0.15, 0.2) is 23.8 Å². The molecule has 0 aromatic heterocycles. The molecule has 0 saturated carbocycles. The van der Waals surface area contributed by atoms with Crippen molar-refractivity contribution in [3.8, 4) is 0 Å². The molecule has 2 saturated heterocycles. The largest absolute Gasteiger partial charge is 0.383 e. The Kier molecular flexibility index (Phi) is 5.00. The van der Waals surface area contributed by atoms with E-state index in [2.05, 4.69) is 37.4 Å². The van der Waals surface area contributed by atoms with Gasteiger partial charge in [-0.2, -0.15) is 0 Å². The Labute approximate surface area is 155 Å². The third kappa shape index (κ3) is 3.26. The standard InChI is InChI=1S/C21H28N2O3/c1-14(2)22-16-3-4-19-18(13-16)20(15-5-9-25-10-6-15)21(24)23(19)17-7-11-26-12-8-17/h3-4,13-14,17,22H,5-12H2,1-2H3. The normalized spacial score (nSPS) is 21.5. The minimum absolute atomic E-state index is 0.172. The predicted octanol–water partition coefficient (Wildman–Crippen LogP) is 3.60. The van der Waals surface area contributed by atoms with Crippen molar-refractivity contribution >= 4 is 22.9 Å². The summed E-state index contributed by atoms with van der Waals surface area (Å²) in [6.07, 6.45) is 3.51. The highest BCUT2D eigenvalue weighted by atomic mass is 16.5. The van der Waals surface area contributed by atoms with Crippen molar-refractivity contribution in [1.82, 2.24) is 0 Å². The molecule has 5 nitrogen and oxygen atoms in total. The van der Waals surface area contributed by atoms with Crippen LogP contribution in [-0.2, 0) is 14.3 Å². The molecular weight excluding hydrogens is 328 g/mol. The van der Waals surface area contributed by atoms with Crippen LogP contribution in [0.5, 0.6) is 0 Å². The fourth-order valence-corrected chi connectivity index (χ4v) is 4.23. The average Bonchev–Trinajstić information content (AvgIpc) is 2.94. The number of nitrogens with one attached hydrogen (secondary N) is 1. The SMILES string of the molecule is CC(C)Nc1ccc2c(c1)C(=C1CCOCC1)C(=O)N2C1CCOCC1. The van der Waals surface area contributed by atoms with E-state index < -0.39 is 0 Å². The van der Waals surface area contributed by atoms with Crippen LogP contribution in [0, 0.1) is 0 Å². The molecule has 0 spiro atoms. The maximum Gasteiger partial charge on any atom is 0.259 e. The quantitative estimate of drug-likeness (QED) is 0.841. The molecule has 3 heterocycles. The van der Waals surface area contributed by atoms with Crippen molar-refractivity contribution in [2.24, 2.45) is 0 Å². The lowest BCUT2D eigenvalue weighted by molar-refractivity contribution is -0.113. The predicted molar refractivity (Wildman–Crippen MR) is 104 cm³/mol. The van der Waals surface area contributed by atoms with Crippen molar-refractivity contribution in [3.63, 3.8) is 0 Å². The monoisotopic (exact) mass is 356 g/mol.